The van der Waals surface area contributed by atoms with E-state index in [1.165, 1.54) is 4.90 Å². The van der Waals surface area contributed by atoms with E-state index in [-0.39, 0.29) is 0 Å². The molecule has 100 valence electrons. The molecule has 0 aliphatic rings. The number of ether oxygens (including phenoxy) is 1. The fraction of sp³-hybridized carbons (Fsp3) is 0.200. The molecule has 2 aromatic rings. The number of para-hydroxylation sites is 1. The van der Waals surface area contributed by atoms with Crippen molar-refractivity contribution in [2.24, 2.45) is 5.73 Å². The summed E-state index contributed by atoms with van der Waals surface area (Å²) in [6, 6.07) is 13.9. The predicted molar refractivity (Wildman–Crippen MR) is 84.9 cm³/mol. The van der Waals surface area contributed by atoms with Gasteiger partial charge in [0.15, 0.2) is 0 Å². The highest BCUT2D eigenvalue weighted by Gasteiger charge is 2.10. The highest BCUT2D eigenvalue weighted by molar-refractivity contribution is 9.10. The van der Waals surface area contributed by atoms with E-state index in [4.69, 9.17) is 10.5 Å². The number of thioether (sulfide) groups is 1. The molecule has 0 saturated heterocycles. The van der Waals surface area contributed by atoms with Crippen molar-refractivity contribution >= 4 is 27.7 Å². The summed E-state index contributed by atoms with van der Waals surface area (Å²) in [4.78, 5) is 1.19. The van der Waals surface area contributed by atoms with Crippen LogP contribution in [-0.4, -0.2) is 5.75 Å². The molecule has 0 heterocycles. The maximum atomic E-state index is 5.98. The highest BCUT2D eigenvalue weighted by Crippen LogP contribution is 2.35. The Morgan fingerprint density at radius 2 is 1.84 bits per heavy atom. The molecular weight excluding hydrogens is 322 g/mol. The minimum atomic E-state index is 0.475. The lowest BCUT2D eigenvalue weighted by molar-refractivity contribution is 0.471. The van der Waals surface area contributed by atoms with Gasteiger partial charge in [0.25, 0.3) is 0 Å². The summed E-state index contributed by atoms with van der Waals surface area (Å²) in [6.07, 6.45) is 0. The van der Waals surface area contributed by atoms with Crippen LogP contribution in [0.5, 0.6) is 11.5 Å². The molecule has 0 spiro atoms. The van der Waals surface area contributed by atoms with Crippen LogP contribution in [0.3, 0.4) is 0 Å². The van der Waals surface area contributed by atoms with Crippen molar-refractivity contribution in [3.63, 3.8) is 0 Å². The average Bonchev–Trinajstić information content (AvgIpc) is 2.42. The lowest BCUT2D eigenvalue weighted by atomic mass is 10.2. The molecule has 0 aliphatic heterocycles. The van der Waals surface area contributed by atoms with Crippen LogP contribution in [0.2, 0.25) is 0 Å². The Balaban J connectivity index is 2.35. The minimum absolute atomic E-state index is 0.475. The van der Waals surface area contributed by atoms with Crippen molar-refractivity contribution in [2.75, 3.05) is 5.75 Å². The van der Waals surface area contributed by atoms with E-state index in [0.717, 1.165) is 27.3 Å². The first-order valence-electron chi connectivity index (χ1n) is 6.13. The van der Waals surface area contributed by atoms with Gasteiger partial charge in [-0.15, -0.1) is 11.8 Å². The van der Waals surface area contributed by atoms with E-state index < -0.39 is 0 Å². The molecule has 2 aromatic carbocycles. The van der Waals surface area contributed by atoms with Crippen LogP contribution in [0.15, 0.2) is 51.8 Å². The normalized spacial score (nSPS) is 10.5. The average molecular weight is 338 g/mol. The van der Waals surface area contributed by atoms with Gasteiger partial charge in [0.05, 0.1) is 4.47 Å². The summed E-state index contributed by atoms with van der Waals surface area (Å²) in [5, 5.41) is 0. The third kappa shape index (κ3) is 3.53. The molecule has 0 saturated carbocycles. The second kappa shape index (κ2) is 6.98. The maximum Gasteiger partial charge on any atom is 0.141 e. The van der Waals surface area contributed by atoms with E-state index in [0.29, 0.717) is 6.54 Å². The van der Waals surface area contributed by atoms with E-state index in [1.54, 1.807) is 11.8 Å². The molecule has 2 rings (SSSR count). The van der Waals surface area contributed by atoms with Gasteiger partial charge in [0, 0.05) is 17.0 Å². The Bertz CT molecular complexity index is 560. The molecule has 0 amide bonds. The fourth-order valence-electron chi connectivity index (χ4n) is 1.78. The van der Waals surface area contributed by atoms with E-state index in [9.17, 15) is 0 Å². The SMILES string of the molecule is CCSc1cccc(Oc2ccccc2Br)c1CN. The van der Waals surface area contributed by atoms with Crippen LogP contribution in [0.1, 0.15) is 12.5 Å². The van der Waals surface area contributed by atoms with Crippen molar-refractivity contribution in [1.82, 2.24) is 0 Å². The zero-order chi connectivity index (χ0) is 13.7. The van der Waals surface area contributed by atoms with Crippen LogP contribution < -0.4 is 10.5 Å². The maximum absolute atomic E-state index is 5.98. The highest BCUT2D eigenvalue weighted by atomic mass is 79.9. The van der Waals surface area contributed by atoms with E-state index >= 15 is 0 Å². The van der Waals surface area contributed by atoms with Crippen LogP contribution in [-0.2, 0) is 6.54 Å². The van der Waals surface area contributed by atoms with Gasteiger partial charge in [-0.1, -0.05) is 25.1 Å². The van der Waals surface area contributed by atoms with Gasteiger partial charge in [-0.3, -0.25) is 0 Å². The zero-order valence-electron chi connectivity index (χ0n) is 10.7. The van der Waals surface area contributed by atoms with Gasteiger partial charge in [-0.05, 0) is 45.9 Å². The van der Waals surface area contributed by atoms with E-state index in [2.05, 4.69) is 28.9 Å². The van der Waals surface area contributed by atoms with Crippen molar-refractivity contribution in [3.05, 3.63) is 52.5 Å². The summed E-state index contributed by atoms with van der Waals surface area (Å²) >= 11 is 5.27. The summed E-state index contributed by atoms with van der Waals surface area (Å²) < 4.78 is 6.91. The first-order chi connectivity index (χ1) is 9.26. The zero-order valence-corrected chi connectivity index (χ0v) is 13.1. The lowest BCUT2D eigenvalue weighted by Crippen LogP contribution is -2.01. The van der Waals surface area contributed by atoms with Gasteiger partial charge in [0.2, 0.25) is 0 Å². The van der Waals surface area contributed by atoms with Gasteiger partial charge in [-0.25, -0.2) is 0 Å². The molecule has 0 fully saturated rings. The summed E-state index contributed by atoms with van der Waals surface area (Å²) in [7, 11) is 0. The van der Waals surface area contributed by atoms with E-state index in [1.807, 2.05) is 36.4 Å². The van der Waals surface area contributed by atoms with Gasteiger partial charge >= 0.3 is 0 Å². The predicted octanol–water partition coefficient (Wildman–Crippen LogP) is 4.81. The number of rotatable bonds is 5. The Kier molecular flexibility index (Phi) is 5.31. The molecule has 4 heteroatoms. The largest absolute Gasteiger partial charge is 0.456 e. The Morgan fingerprint density at radius 3 is 2.53 bits per heavy atom. The molecule has 0 atom stereocenters. The summed E-state index contributed by atoms with van der Waals surface area (Å²) in [6.45, 7) is 2.61. The molecule has 2 N–H and O–H groups in total. The molecule has 0 aromatic heterocycles. The first kappa shape index (κ1) is 14.4. The third-order valence-corrected chi connectivity index (χ3v) is 4.29. The van der Waals surface area contributed by atoms with Crippen molar-refractivity contribution < 1.29 is 4.74 Å². The van der Waals surface area contributed by atoms with Crippen LogP contribution in [0, 0.1) is 0 Å². The molecule has 0 unspecified atom stereocenters. The quantitative estimate of drug-likeness (QED) is 0.795. The summed E-state index contributed by atoms with van der Waals surface area (Å²) in [5.74, 6) is 2.65. The number of benzene rings is 2. The van der Waals surface area contributed by atoms with Crippen LogP contribution in [0.4, 0.5) is 0 Å². The smallest absolute Gasteiger partial charge is 0.141 e. The van der Waals surface area contributed by atoms with Gasteiger partial charge in [0.1, 0.15) is 11.5 Å². The second-order valence-electron chi connectivity index (χ2n) is 3.90. The van der Waals surface area contributed by atoms with Crippen molar-refractivity contribution in [2.45, 2.75) is 18.4 Å². The topological polar surface area (TPSA) is 35.2 Å². The first-order valence-corrected chi connectivity index (χ1v) is 7.91. The van der Waals surface area contributed by atoms with Gasteiger partial charge in [-0.2, -0.15) is 0 Å². The minimum Gasteiger partial charge on any atom is -0.456 e. The second-order valence-corrected chi connectivity index (χ2v) is 6.06. The monoisotopic (exact) mass is 337 g/mol. The Hall–Kier alpha value is -0.970. The molecular formula is C15H16BrNOS. The van der Waals surface area contributed by atoms with Crippen LogP contribution in [0.25, 0.3) is 0 Å². The number of halogens is 1. The standard InChI is InChI=1S/C15H16BrNOS/c1-2-19-15-9-5-8-13(11(15)10-17)18-14-7-4-3-6-12(14)16/h3-9H,2,10,17H2,1H3. The number of hydrogen-bond acceptors (Lipinski definition) is 3. The Morgan fingerprint density at radius 1 is 1.11 bits per heavy atom. The molecule has 0 bridgehead atoms. The Labute approximate surface area is 126 Å². The molecule has 0 radical (unpaired) electrons. The van der Waals surface area contributed by atoms with Gasteiger partial charge < -0.3 is 10.5 Å². The fourth-order valence-corrected chi connectivity index (χ4v) is 2.99. The lowest BCUT2D eigenvalue weighted by Gasteiger charge is -2.14. The molecule has 2 nitrogen and oxygen atoms in total. The van der Waals surface area contributed by atoms with Crippen molar-refractivity contribution in [3.8, 4) is 11.5 Å². The van der Waals surface area contributed by atoms with Crippen molar-refractivity contribution in [1.29, 1.82) is 0 Å². The number of hydrogen-bond donors (Lipinski definition) is 1. The third-order valence-electron chi connectivity index (χ3n) is 2.65. The number of nitrogens with two attached hydrogens (primary N) is 1. The van der Waals surface area contributed by atoms with Crippen LogP contribution >= 0.6 is 27.7 Å². The molecule has 0 aliphatic carbocycles. The summed E-state index contributed by atoms with van der Waals surface area (Å²) in [5.41, 5.74) is 6.93. The molecule has 19 heavy (non-hydrogen) atoms.